The predicted octanol–water partition coefficient (Wildman–Crippen LogP) is 1.45. The summed E-state index contributed by atoms with van der Waals surface area (Å²) in [4.78, 5) is 0. The van der Waals surface area contributed by atoms with Crippen LogP contribution in [0.15, 0.2) is 30.3 Å². The fraction of sp³-hybridized carbons (Fsp3) is 0.455. The van der Waals surface area contributed by atoms with Crippen LogP contribution >= 0.6 is 0 Å². The van der Waals surface area contributed by atoms with Crippen molar-refractivity contribution in [3.8, 4) is 0 Å². The molecule has 3 nitrogen and oxygen atoms in total. The number of ether oxygens (including phenoxy) is 2. The molecule has 0 aliphatic carbocycles. The van der Waals surface area contributed by atoms with Crippen LogP contribution in [0.4, 0.5) is 0 Å². The molecule has 0 spiro atoms. The highest BCUT2D eigenvalue weighted by Crippen LogP contribution is 2.19. The van der Waals surface area contributed by atoms with E-state index in [1.54, 1.807) is 0 Å². The van der Waals surface area contributed by atoms with Crippen molar-refractivity contribution in [3.63, 3.8) is 0 Å². The first-order chi connectivity index (χ1) is 6.86. The second-order valence-electron chi connectivity index (χ2n) is 3.42. The number of hydrogen-bond donors (Lipinski definition) is 1. The van der Waals surface area contributed by atoms with Gasteiger partial charge in [-0.05, 0) is 5.56 Å². The van der Waals surface area contributed by atoms with Crippen molar-refractivity contribution in [2.24, 2.45) is 5.73 Å². The fourth-order valence-corrected chi connectivity index (χ4v) is 1.59. The van der Waals surface area contributed by atoms with Crippen molar-refractivity contribution < 1.29 is 9.47 Å². The Labute approximate surface area is 83.8 Å². The maximum Gasteiger partial charge on any atom is 0.159 e. The first-order valence-electron chi connectivity index (χ1n) is 4.90. The molecule has 2 rings (SSSR count). The van der Waals surface area contributed by atoms with E-state index in [2.05, 4.69) is 0 Å². The zero-order valence-corrected chi connectivity index (χ0v) is 8.06. The van der Waals surface area contributed by atoms with Crippen molar-refractivity contribution in [1.29, 1.82) is 0 Å². The lowest BCUT2D eigenvalue weighted by Gasteiger charge is -2.15. The molecule has 0 aromatic heterocycles. The lowest BCUT2D eigenvalue weighted by Crippen LogP contribution is -2.19. The molecule has 76 valence electrons. The van der Waals surface area contributed by atoms with Crippen LogP contribution < -0.4 is 5.73 Å². The fourth-order valence-electron chi connectivity index (χ4n) is 1.59. The quantitative estimate of drug-likeness (QED) is 0.790. The van der Waals surface area contributed by atoms with E-state index in [1.807, 2.05) is 30.3 Å². The smallest absolute Gasteiger partial charge is 0.159 e. The highest BCUT2D eigenvalue weighted by molar-refractivity contribution is 5.18. The average Bonchev–Trinajstić information content (AvgIpc) is 2.72. The molecule has 1 saturated heterocycles. The molecule has 0 amide bonds. The van der Waals surface area contributed by atoms with E-state index in [0.29, 0.717) is 13.2 Å². The van der Waals surface area contributed by atoms with Gasteiger partial charge in [-0.3, -0.25) is 0 Å². The van der Waals surface area contributed by atoms with Crippen molar-refractivity contribution in [2.75, 3.05) is 13.2 Å². The molecule has 0 bridgehead atoms. The van der Waals surface area contributed by atoms with E-state index >= 15 is 0 Å². The van der Waals surface area contributed by atoms with Gasteiger partial charge in [-0.25, -0.2) is 0 Å². The molecule has 1 aromatic rings. The lowest BCUT2D eigenvalue weighted by molar-refractivity contribution is -0.0507. The average molecular weight is 193 g/mol. The summed E-state index contributed by atoms with van der Waals surface area (Å²) in [5.74, 6) is 0. The Morgan fingerprint density at radius 1 is 1.21 bits per heavy atom. The Morgan fingerprint density at radius 3 is 2.50 bits per heavy atom. The summed E-state index contributed by atoms with van der Waals surface area (Å²) in [6.45, 7) is 1.37. The summed E-state index contributed by atoms with van der Waals surface area (Å²) in [5, 5.41) is 0. The summed E-state index contributed by atoms with van der Waals surface area (Å²) < 4.78 is 10.7. The largest absolute Gasteiger partial charge is 0.350 e. The molecule has 14 heavy (non-hydrogen) atoms. The molecule has 1 atom stereocenters. The summed E-state index contributed by atoms with van der Waals surface area (Å²) in [6.07, 6.45) is 0.606. The van der Waals surface area contributed by atoms with Crippen LogP contribution in [0.25, 0.3) is 0 Å². The summed E-state index contributed by atoms with van der Waals surface area (Å²) in [6, 6.07) is 10.0. The first kappa shape index (κ1) is 9.65. The molecule has 0 saturated carbocycles. The van der Waals surface area contributed by atoms with Gasteiger partial charge in [-0.1, -0.05) is 30.3 Å². The summed E-state index contributed by atoms with van der Waals surface area (Å²) >= 11 is 0. The van der Waals surface area contributed by atoms with E-state index in [4.69, 9.17) is 15.2 Å². The normalized spacial score (nSPS) is 19.8. The second-order valence-corrected chi connectivity index (χ2v) is 3.42. The van der Waals surface area contributed by atoms with Gasteiger partial charge in [0.05, 0.1) is 13.2 Å². The third kappa shape index (κ3) is 2.32. The lowest BCUT2D eigenvalue weighted by atomic mass is 10.0. The van der Waals surface area contributed by atoms with E-state index in [0.717, 1.165) is 12.0 Å². The van der Waals surface area contributed by atoms with E-state index in [1.165, 1.54) is 0 Å². The molecule has 0 unspecified atom stereocenters. The van der Waals surface area contributed by atoms with Gasteiger partial charge in [-0.15, -0.1) is 0 Å². The summed E-state index contributed by atoms with van der Waals surface area (Å²) in [7, 11) is 0. The van der Waals surface area contributed by atoms with Crippen LogP contribution in [0.5, 0.6) is 0 Å². The minimum Gasteiger partial charge on any atom is -0.350 e. The SMILES string of the molecule is N[C@H](CC1OCCO1)c1ccccc1. The number of rotatable bonds is 3. The Morgan fingerprint density at radius 2 is 1.86 bits per heavy atom. The van der Waals surface area contributed by atoms with Crippen molar-refractivity contribution in [1.82, 2.24) is 0 Å². The van der Waals surface area contributed by atoms with Gasteiger partial charge in [0, 0.05) is 12.5 Å². The van der Waals surface area contributed by atoms with Crippen LogP contribution in [0.2, 0.25) is 0 Å². The monoisotopic (exact) mass is 193 g/mol. The van der Waals surface area contributed by atoms with Crippen molar-refractivity contribution in [3.05, 3.63) is 35.9 Å². The highest BCUT2D eigenvalue weighted by atomic mass is 16.7. The molecule has 1 heterocycles. The zero-order valence-electron chi connectivity index (χ0n) is 8.06. The van der Waals surface area contributed by atoms with Crippen LogP contribution in [0, 0.1) is 0 Å². The molecular weight excluding hydrogens is 178 g/mol. The maximum atomic E-state index is 6.01. The molecule has 0 radical (unpaired) electrons. The van der Waals surface area contributed by atoms with Gasteiger partial charge in [-0.2, -0.15) is 0 Å². The molecule has 1 aliphatic heterocycles. The number of nitrogens with two attached hydrogens (primary N) is 1. The van der Waals surface area contributed by atoms with Gasteiger partial charge in [0.2, 0.25) is 0 Å². The van der Waals surface area contributed by atoms with Crippen LogP contribution in [-0.4, -0.2) is 19.5 Å². The van der Waals surface area contributed by atoms with E-state index in [-0.39, 0.29) is 12.3 Å². The van der Waals surface area contributed by atoms with Crippen LogP contribution in [0.1, 0.15) is 18.0 Å². The third-order valence-corrected chi connectivity index (χ3v) is 2.36. The minimum atomic E-state index is -0.120. The molecule has 1 aromatic carbocycles. The Kier molecular flexibility index (Phi) is 3.14. The molecule has 1 fully saturated rings. The second kappa shape index (κ2) is 4.55. The molecule has 1 aliphatic rings. The molecular formula is C11H15NO2. The predicted molar refractivity (Wildman–Crippen MR) is 53.7 cm³/mol. The van der Waals surface area contributed by atoms with Crippen molar-refractivity contribution in [2.45, 2.75) is 18.8 Å². The number of hydrogen-bond acceptors (Lipinski definition) is 3. The number of benzene rings is 1. The van der Waals surface area contributed by atoms with E-state index in [9.17, 15) is 0 Å². The van der Waals surface area contributed by atoms with Gasteiger partial charge in [0.1, 0.15) is 0 Å². The zero-order chi connectivity index (χ0) is 9.80. The van der Waals surface area contributed by atoms with Gasteiger partial charge >= 0.3 is 0 Å². The maximum absolute atomic E-state index is 6.01. The molecule has 2 N–H and O–H groups in total. The van der Waals surface area contributed by atoms with Gasteiger partial charge in [0.25, 0.3) is 0 Å². The Bertz CT molecular complexity index is 270. The summed E-state index contributed by atoms with van der Waals surface area (Å²) in [5.41, 5.74) is 7.15. The third-order valence-electron chi connectivity index (χ3n) is 2.36. The van der Waals surface area contributed by atoms with Gasteiger partial charge < -0.3 is 15.2 Å². The first-order valence-corrected chi connectivity index (χ1v) is 4.90. The molecule has 3 heteroatoms. The minimum absolute atomic E-state index is 0.000648. The highest BCUT2D eigenvalue weighted by Gasteiger charge is 2.19. The van der Waals surface area contributed by atoms with Crippen molar-refractivity contribution >= 4 is 0 Å². The standard InChI is InChI=1S/C11H15NO2/c12-10(8-11-13-6-7-14-11)9-4-2-1-3-5-9/h1-5,10-11H,6-8,12H2/t10-/m1/s1. The Hall–Kier alpha value is -0.900. The van der Waals surface area contributed by atoms with Gasteiger partial charge in [0.15, 0.2) is 6.29 Å². The van der Waals surface area contributed by atoms with Crippen LogP contribution in [0.3, 0.4) is 0 Å². The topological polar surface area (TPSA) is 44.5 Å². The Balaban J connectivity index is 1.92. The van der Waals surface area contributed by atoms with E-state index < -0.39 is 0 Å². The van der Waals surface area contributed by atoms with Crippen LogP contribution in [-0.2, 0) is 9.47 Å².